The predicted molar refractivity (Wildman–Crippen MR) is 94.9 cm³/mol. The van der Waals surface area contributed by atoms with Gasteiger partial charge in [-0.25, -0.2) is 0 Å². The lowest BCUT2D eigenvalue weighted by Gasteiger charge is -2.21. The van der Waals surface area contributed by atoms with Crippen LogP contribution in [0.4, 0.5) is 0 Å². The highest BCUT2D eigenvalue weighted by Gasteiger charge is 2.27. The molecule has 10 heteroatoms. The van der Waals surface area contributed by atoms with E-state index in [1.807, 2.05) is 0 Å². The molecular weight excluding hydrogens is 354 g/mol. The number of nitrogens with zero attached hydrogens (tertiary/aromatic N) is 3. The van der Waals surface area contributed by atoms with Gasteiger partial charge in [0.05, 0.1) is 19.1 Å². The molecule has 27 heavy (non-hydrogen) atoms. The van der Waals surface area contributed by atoms with E-state index in [0.717, 1.165) is 5.56 Å². The Labute approximate surface area is 155 Å². The summed E-state index contributed by atoms with van der Waals surface area (Å²) in [6.45, 7) is 1.05. The molecule has 0 radical (unpaired) electrons. The Morgan fingerprint density at radius 2 is 2.07 bits per heavy atom. The van der Waals surface area contributed by atoms with Crippen molar-refractivity contribution in [2.24, 2.45) is 5.11 Å². The van der Waals surface area contributed by atoms with Crippen LogP contribution in [0.25, 0.3) is 10.4 Å². The molecule has 2 N–H and O–H groups in total. The summed E-state index contributed by atoms with van der Waals surface area (Å²) in [6.07, 6.45) is 0.808. The van der Waals surface area contributed by atoms with Crippen LogP contribution in [0.2, 0.25) is 0 Å². The number of rotatable bonds is 10. The van der Waals surface area contributed by atoms with Gasteiger partial charge in [0.1, 0.15) is 5.75 Å². The molecule has 1 unspecified atom stereocenters. The maximum absolute atomic E-state index is 11.9. The lowest BCUT2D eigenvalue weighted by atomic mass is 9.90. The van der Waals surface area contributed by atoms with E-state index in [0.29, 0.717) is 38.3 Å². The number of azide groups is 1. The van der Waals surface area contributed by atoms with Crippen molar-refractivity contribution in [1.82, 2.24) is 10.6 Å². The standard InChI is InChI=1S/C17H21N5O5/c18-22-20-8-10-26-9-7-19-16(24)11-27-13-3-1-12(2-4-13)14-5-6-15(23)21-17(14)25/h1-4,14H,5-11H2,(H,19,24)(H,21,23,25). The van der Waals surface area contributed by atoms with Crippen LogP contribution in [-0.2, 0) is 19.1 Å². The largest absolute Gasteiger partial charge is 0.484 e. The lowest BCUT2D eigenvalue weighted by Crippen LogP contribution is -2.39. The normalized spacial score (nSPS) is 16.2. The van der Waals surface area contributed by atoms with Gasteiger partial charge in [-0.05, 0) is 29.6 Å². The zero-order valence-electron chi connectivity index (χ0n) is 14.7. The van der Waals surface area contributed by atoms with Gasteiger partial charge in [-0.3, -0.25) is 19.7 Å². The molecule has 1 heterocycles. The molecule has 3 amide bonds. The Morgan fingerprint density at radius 1 is 1.30 bits per heavy atom. The summed E-state index contributed by atoms with van der Waals surface area (Å²) in [4.78, 5) is 37.3. The molecular formula is C17H21N5O5. The lowest BCUT2D eigenvalue weighted by molar-refractivity contribution is -0.134. The fourth-order valence-corrected chi connectivity index (χ4v) is 2.52. The van der Waals surface area contributed by atoms with Crippen molar-refractivity contribution in [1.29, 1.82) is 0 Å². The highest BCUT2D eigenvalue weighted by Crippen LogP contribution is 2.26. The smallest absolute Gasteiger partial charge is 0.258 e. The average Bonchev–Trinajstić information content (AvgIpc) is 2.66. The molecule has 1 aromatic carbocycles. The van der Waals surface area contributed by atoms with Gasteiger partial charge in [0, 0.05) is 24.4 Å². The van der Waals surface area contributed by atoms with Gasteiger partial charge >= 0.3 is 0 Å². The summed E-state index contributed by atoms with van der Waals surface area (Å²) in [5.74, 6) is -0.669. The van der Waals surface area contributed by atoms with Gasteiger partial charge < -0.3 is 14.8 Å². The van der Waals surface area contributed by atoms with Gasteiger partial charge in [-0.2, -0.15) is 0 Å². The van der Waals surface area contributed by atoms with Crippen LogP contribution in [0.1, 0.15) is 24.3 Å². The molecule has 1 atom stereocenters. The number of hydrogen-bond acceptors (Lipinski definition) is 6. The number of piperidine rings is 1. The summed E-state index contributed by atoms with van der Waals surface area (Å²) >= 11 is 0. The van der Waals surface area contributed by atoms with E-state index in [4.69, 9.17) is 15.0 Å². The Hall–Kier alpha value is -3.10. The fourth-order valence-electron chi connectivity index (χ4n) is 2.52. The van der Waals surface area contributed by atoms with Crippen LogP contribution in [0, 0.1) is 0 Å². The zero-order valence-corrected chi connectivity index (χ0v) is 14.7. The number of hydrogen-bond donors (Lipinski definition) is 2. The maximum atomic E-state index is 11.9. The highest BCUT2D eigenvalue weighted by molar-refractivity contribution is 6.00. The number of carbonyl (C=O) groups excluding carboxylic acids is 3. The van der Waals surface area contributed by atoms with Crippen molar-refractivity contribution in [3.05, 3.63) is 40.3 Å². The molecule has 10 nitrogen and oxygen atoms in total. The van der Waals surface area contributed by atoms with Gasteiger partial charge in [0.2, 0.25) is 11.8 Å². The molecule has 1 aliphatic rings. The number of imide groups is 1. The van der Waals surface area contributed by atoms with Crippen LogP contribution in [0.5, 0.6) is 5.75 Å². The topological polar surface area (TPSA) is 142 Å². The molecule has 1 aromatic rings. The molecule has 1 saturated heterocycles. The quantitative estimate of drug-likeness (QED) is 0.206. The van der Waals surface area contributed by atoms with Crippen LogP contribution in [0.3, 0.4) is 0 Å². The molecule has 0 spiro atoms. The van der Waals surface area contributed by atoms with Crippen molar-refractivity contribution in [3.8, 4) is 5.75 Å². The minimum absolute atomic E-state index is 0.142. The van der Waals surface area contributed by atoms with Gasteiger partial charge in [-0.15, -0.1) is 0 Å². The molecule has 0 aliphatic carbocycles. The minimum atomic E-state index is -0.348. The third kappa shape index (κ3) is 6.96. The van der Waals surface area contributed by atoms with Crippen LogP contribution >= 0.6 is 0 Å². The molecule has 0 bridgehead atoms. The summed E-state index contributed by atoms with van der Waals surface area (Å²) < 4.78 is 10.6. The Morgan fingerprint density at radius 3 is 2.78 bits per heavy atom. The zero-order chi connectivity index (χ0) is 19.5. The molecule has 144 valence electrons. The van der Waals surface area contributed by atoms with Crippen LogP contribution in [-0.4, -0.2) is 50.6 Å². The van der Waals surface area contributed by atoms with E-state index in [1.54, 1.807) is 24.3 Å². The third-order valence-electron chi connectivity index (χ3n) is 3.86. The maximum Gasteiger partial charge on any atom is 0.258 e. The second-order valence-electron chi connectivity index (χ2n) is 5.78. The number of benzene rings is 1. The number of nitrogens with one attached hydrogen (secondary N) is 2. The Balaban J connectivity index is 1.67. The van der Waals surface area contributed by atoms with E-state index >= 15 is 0 Å². The monoisotopic (exact) mass is 375 g/mol. The van der Waals surface area contributed by atoms with Crippen molar-refractivity contribution in [3.63, 3.8) is 0 Å². The fraction of sp³-hybridized carbons (Fsp3) is 0.471. The first kappa shape index (κ1) is 20.2. The first-order valence-corrected chi connectivity index (χ1v) is 8.52. The summed E-state index contributed by atoms with van der Waals surface area (Å²) in [6, 6.07) is 6.88. The summed E-state index contributed by atoms with van der Waals surface area (Å²) in [5.41, 5.74) is 8.90. The average molecular weight is 375 g/mol. The van der Waals surface area contributed by atoms with Gasteiger partial charge in [0.25, 0.3) is 5.91 Å². The van der Waals surface area contributed by atoms with E-state index in [2.05, 4.69) is 20.7 Å². The number of amides is 3. The van der Waals surface area contributed by atoms with Crippen molar-refractivity contribution in [2.45, 2.75) is 18.8 Å². The van der Waals surface area contributed by atoms with Crippen molar-refractivity contribution < 1.29 is 23.9 Å². The molecule has 1 fully saturated rings. The van der Waals surface area contributed by atoms with E-state index in [1.165, 1.54) is 0 Å². The van der Waals surface area contributed by atoms with Crippen LogP contribution < -0.4 is 15.4 Å². The summed E-state index contributed by atoms with van der Waals surface area (Å²) in [5, 5.41) is 8.29. The van der Waals surface area contributed by atoms with E-state index in [9.17, 15) is 14.4 Å². The predicted octanol–water partition coefficient (Wildman–Crippen LogP) is 1.03. The Bertz CT molecular complexity index is 715. The van der Waals surface area contributed by atoms with Crippen molar-refractivity contribution >= 4 is 17.7 Å². The molecule has 2 rings (SSSR count). The highest BCUT2D eigenvalue weighted by atomic mass is 16.5. The molecule has 0 saturated carbocycles. The minimum Gasteiger partial charge on any atom is -0.484 e. The first-order chi connectivity index (χ1) is 13.1. The molecule has 0 aromatic heterocycles. The van der Waals surface area contributed by atoms with Gasteiger partial charge in [-0.1, -0.05) is 17.2 Å². The number of carbonyl (C=O) groups is 3. The summed E-state index contributed by atoms with van der Waals surface area (Å²) in [7, 11) is 0. The second kappa shape index (κ2) is 10.8. The van der Waals surface area contributed by atoms with Crippen molar-refractivity contribution in [2.75, 3.05) is 32.9 Å². The second-order valence-corrected chi connectivity index (χ2v) is 5.78. The SMILES string of the molecule is [N-]=[N+]=NCCOCCNC(=O)COc1ccc(C2CCC(=O)NC2=O)cc1. The van der Waals surface area contributed by atoms with E-state index in [-0.39, 0.29) is 36.8 Å². The van der Waals surface area contributed by atoms with Gasteiger partial charge in [0.15, 0.2) is 6.61 Å². The van der Waals surface area contributed by atoms with Crippen LogP contribution in [0.15, 0.2) is 29.4 Å². The molecule has 1 aliphatic heterocycles. The van der Waals surface area contributed by atoms with E-state index < -0.39 is 0 Å². The number of ether oxygens (including phenoxy) is 2. The third-order valence-corrected chi connectivity index (χ3v) is 3.86. The Kier molecular flexibility index (Phi) is 8.08. The first-order valence-electron chi connectivity index (χ1n) is 8.52.